The number of rotatable bonds is 7. The molecule has 21 heavy (non-hydrogen) atoms. The van der Waals surface area contributed by atoms with Crippen molar-refractivity contribution >= 4 is 39.9 Å². The lowest BCUT2D eigenvalue weighted by Crippen LogP contribution is -2.05. The van der Waals surface area contributed by atoms with Gasteiger partial charge in [0.2, 0.25) is 0 Å². The summed E-state index contributed by atoms with van der Waals surface area (Å²) in [6.07, 6.45) is 3.03. The molecule has 1 aromatic heterocycles. The first-order chi connectivity index (χ1) is 10.2. The van der Waals surface area contributed by atoms with Crippen molar-refractivity contribution in [3.05, 3.63) is 35.3 Å². The molecule has 0 saturated heterocycles. The second kappa shape index (κ2) is 8.05. The number of carbonyl (C=O) groups excluding carboxylic acids is 1. The summed E-state index contributed by atoms with van der Waals surface area (Å²) < 4.78 is 4.91. The van der Waals surface area contributed by atoms with E-state index in [9.17, 15) is 4.79 Å². The Balaban J connectivity index is 1.95. The number of esters is 1. The number of thioether (sulfide) groups is 1. The van der Waals surface area contributed by atoms with Crippen LogP contribution in [0.2, 0.25) is 0 Å². The number of thiazole rings is 1. The summed E-state index contributed by atoms with van der Waals surface area (Å²) in [7, 11) is 0. The molecule has 0 aliphatic rings. The predicted octanol–water partition coefficient (Wildman–Crippen LogP) is 4.10. The molecule has 0 amide bonds. The van der Waals surface area contributed by atoms with Crippen LogP contribution in [0.15, 0.2) is 34.5 Å². The molecular formula is C15H18N2O2S2. The second-order valence-electron chi connectivity index (χ2n) is 4.27. The lowest BCUT2D eigenvalue weighted by Gasteiger charge is -2.07. The van der Waals surface area contributed by atoms with E-state index < -0.39 is 0 Å². The van der Waals surface area contributed by atoms with Crippen molar-refractivity contribution in [2.45, 2.75) is 24.7 Å². The van der Waals surface area contributed by atoms with Crippen LogP contribution in [0.1, 0.15) is 19.0 Å². The predicted molar refractivity (Wildman–Crippen MR) is 88.6 cm³/mol. The average Bonchev–Trinajstić information content (AvgIpc) is 2.94. The van der Waals surface area contributed by atoms with Crippen LogP contribution in [0, 0.1) is 0 Å². The number of aromatic nitrogens is 1. The van der Waals surface area contributed by atoms with E-state index in [1.807, 2.05) is 36.8 Å². The third kappa shape index (κ3) is 4.75. The molecule has 0 spiro atoms. The number of nitrogens with one attached hydrogen (secondary N) is 1. The zero-order valence-corrected chi connectivity index (χ0v) is 13.7. The summed E-state index contributed by atoms with van der Waals surface area (Å²) in [5, 5.41) is 6.15. The minimum absolute atomic E-state index is 0.173. The molecule has 0 saturated carbocycles. The van der Waals surface area contributed by atoms with E-state index in [0.29, 0.717) is 19.4 Å². The van der Waals surface area contributed by atoms with Gasteiger partial charge in [0.1, 0.15) is 0 Å². The topological polar surface area (TPSA) is 51.2 Å². The van der Waals surface area contributed by atoms with Crippen LogP contribution in [-0.4, -0.2) is 23.8 Å². The molecule has 1 aromatic carbocycles. The summed E-state index contributed by atoms with van der Waals surface area (Å²) in [6.45, 7) is 2.24. The Morgan fingerprint density at radius 3 is 3.00 bits per heavy atom. The standard InChI is InChI=1S/C15H18N2O2S2/c1-3-19-14(18)9-8-11-10-21-15(16-11)17-12-6-4-5-7-13(12)20-2/h4-7,10H,3,8-9H2,1-2H3,(H,16,17). The molecule has 6 heteroatoms. The number of hydrogen-bond acceptors (Lipinski definition) is 6. The van der Waals surface area contributed by atoms with Crippen LogP contribution in [0.4, 0.5) is 10.8 Å². The first-order valence-corrected chi connectivity index (χ1v) is 8.83. The molecule has 0 aliphatic heterocycles. The molecular weight excluding hydrogens is 304 g/mol. The Morgan fingerprint density at radius 2 is 2.24 bits per heavy atom. The van der Waals surface area contributed by atoms with Gasteiger partial charge in [0, 0.05) is 16.7 Å². The Bertz CT molecular complexity index is 599. The Labute approximate surface area is 132 Å². The van der Waals surface area contributed by atoms with E-state index in [0.717, 1.165) is 16.5 Å². The van der Waals surface area contributed by atoms with Gasteiger partial charge in [-0.25, -0.2) is 4.98 Å². The van der Waals surface area contributed by atoms with E-state index in [2.05, 4.69) is 16.4 Å². The summed E-state index contributed by atoms with van der Waals surface area (Å²) in [4.78, 5) is 17.0. The molecule has 0 bridgehead atoms. The third-order valence-corrected chi connectivity index (χ3v) is 4.39. The van der Waals surface area contributed by atoms with Gasteiger partial charge in [0.05, 0.1) is 24.4 Å². The lowest BCUT2D eigenvalue weighted by atomic mass is 10.2. The van der Waals surface area contributed by atoms with Gasteiger partial charge < -0.3 is 10.1 Å². The van der Waals surface area contributed by atoms with Crippen molar-refractivity contribution in [3.63, 3.8) is 0 Å². The zero-order valence-electron chi connectivity index (χ0n) is 12.1. The van der Waals surface area contributed by atoms with Crippen molar-refractivity contribution in [1.82, 2.24) is 4.98 Å². The quantitative estimate of drug-likeness (QED) is 0.614. The Morgan fingerprint density at radius 1 is 1.43 bits per heavy atom. The van der Waals surface area contributed by atoms with Crippen molar-refractivity contribution in [2.24, 2.45) is 0 Å². The molecule has 0 radical (unpaired) electrons. The Kier molecular flexibility index (Phi) is 6.07. The zero-order chi connectivity index (χ0) is 15.1. The van der Waals surface area contributed by atoms with Crippen LogP contribution < -0.4 is 5.32 Å². The molecule has 2 rings (SSSR count). The molecule has 1 heterocycles. The minimum atomic E-state index is -0.173. The highest BCUT2D eigenvalue weighted by molar-refractivity contribution is 7.98. The van der Waals surface area contributed by atoms with Gasteiger partial charge in [-0.3, -0.25) is 4.79 Å². The highest BCUT2D eigenvalue weighted by Gasteiger charge is 2.08. The first-order valence-electron chi connectivity index (χ1n) is 6.73. The van der Waals surface area contributed by atoms with E-state index in [-0.39, 0.29) is 5.97 Å². The maximum atomic E-state index is 11.3. The van der Waals surface area contributed by atoms with E-state index in [1.54, 1.807) is 23.1 Å². The highest BCUT2D eigenvalue weighted by atomic mass is 32.2. The van der Waals surface area contributed by atoms with Crippen molar-refractivity contribution < 1.29 is 9.53 Å². The molecule has 0 unspecified atom stereocenters. The SMILES string of the molecule is CCOC(=O)CCc1csc(Nc2ccccc2SC)n1. The number of hydrogen-bond donors (Lipinski definition) is 1. The summed E-state index contributed by atoms with van der Waals surface area (Å²) in [5.74, 6) is -0.173. The largest absolute Gasteiger partial charge is 0.466 e. The first kappa shape index (κ1) is 15.9. The lowest BCUT2D eigenvalue weighted by molar-refractivity contribution is -0.143. The summed E-state index contributed by atoms with van der Waals surface area (Å²) in [6, 6.07) is 8.12. The smallest absolute Gasteiger partial charge is 0.306 e. The van der Waals surface area contributed by atoms with E-state index >= 15 is 0 Å². The van der Waals surface area contributed by atoms with Gasteiger partial charge in [0.15, 0.2) is 5.13 Å². The van der Waals surface area contributed by atoms with Crippen molar-refractivity contribution in [1.29, 1.82) is 0 Å². The van der Waals surface area contributed by atoms with Gasteiger partial charge in [-0.2, -0.15) is 0 Å². The molecule has 0 aliphatic carbocycles. The monoisotopic (exact) mass is 322 g/mol. The van der Waals surface area contributed by atoms with Gasteiger partial charge in [-0.05, 0) is 25.3 Å². The maximum absolute atomic E-state index is 11.3. The minimum Gasteiger partial charge on any atom is -0.466 e. The fourth-order valence-corrected chi connectivity index (χ4v) is 3.12. The number of ether oxygens (including phenoxy) is 1. The van der Waals surface area contributed by atoms with Crippen LogP contribution in [0.3, 0.4) is 0 Å². The van der Waals surface area contributed by atoms with Crippen molar-refractivity contribution in [2.75, 3.05) is 18.2 Å². The Hall–Kier alpha value is -1.53. The maximum Gasteiger partial charge on any atom is 0.306 e. The number of para-hydroxylation sites is 1. The number of benzene rings is 1. The van der Waals surface area contributed by atoms with Gasteiger partial charge >= 0.3 is 5.97 Å². The number of carbonyl (C=O) groups is 1. The molecule has 4 nitrogen and oxygen atoms in total. The molecule has 0 atom stereocenters. The fraction of sp³-hybridized carbons (Fsp3) is 0.333. The van der Waals surface area contributed by atoms with Crippen molar-refractivity contribution in [3.8, 4) is 0 Å². The molecule has 1 N–H and O–H groups in total. The second-order valence-corrected chi connectivity index (χ2v) is 5.98. The average molecular weight is 322 g/mol. The highest BCUT2D eigenvalue weighted by Crippen LogP contribution is 2.29. The number of aryl methyl sites for hydroxylation is 1. The normalized spacial score (nSPS) is 10.4. The van der Waals surface area contributed by atoms with Gasteiger partial charge in [-0.1, -0.05) is 12.1 Å². The van der Waals surface area contributed by atoms with E-state index in [4.69, 9.17) is 4.74 Å². The number of nitrogens with zero attached hydrogens (tertiary/aromatic N) is 1. The molecule has 112 valence electrons. The van der Waals surface area contributed by atoms with Gasteiger partial charge in [0.25, 0.3) is 0 Å². The van der Waals surface area contributed by atoms with Crippen LogP contribution in [0.25, 0.3) is 0 Å². The summed E-state index contributed by atoms with van der Waals surface area (Å²) >= 11 is 3.24. The van der Waals surface area contributed by atoms with Crippen LogP contribution >= 0.6 is 23.1 Å². The van der Waals surface area contributed by atoms with Gasteiger partial charge in [-0.15, -0.1) is 23.1 Å². The van der Waals surface area contributed by atoms with E-state index in [1.165, 1.54) is 4.90 Å². The summed E-state index contributed by atoms with van der Waals surface area (Å²) in [5.41, 5.74) is 1.97. The fourth-order valence-electron chi connectivity index (χ4n) is 1.81. The van der Waals surface area contributed by atoms with Crippen LogP contribution in [-0.2, 0) is 16.0 Å². The molecule has 0 fully saturated rings. The number of anilines is 2. The third-order valence-electron chi connectivity index (χ3n) is 2.79. The van der Waals surface area contributed by atoms with Crippen LogP contribution in [0.5, 0.6) is 0 Å². The molecule has 2 aromatic rings.